The third-order valence-corrected chi connectivity index (χ3v) is 7.56. The minimum atomic E-state index is 0.742. The molecule has 6 nitrogen and oxygen atoms in total. The molecule has 1 N–H and O–H groups in total. The number of aryl methyl sites for hydroxylation is 2. The van der Waals surface area contributed by atoms with Gasteiger partial charge in [0, 0.05) is 73.0 Å². The van der Waals surface area contributed by atoms with E-state index in [-0.39, 0.29) is 0 Å². The highest BCUT2D eigenvalue weighted by molar-refractivity contribution is 5.96. The third-order valence-electron chi connectivity index (χ3n) is 7.56. The molecule has 0 bridgehead atoms. The smallest absolute Gasteiger partial charge is 0.214 e. The normalized spacial score (nSPS) is 14.3. The van der Waals surface area contributed by atoms with E-state index >= 15 is 0 Å². The van der Waals surface area contributed by atoms with Crippen LogP contribution in [0.2, 0.25) is 0 Å². The Morgan fingerprint density at radius 3 is 2.32 bits per heavy atom. The first-order valence-electron chi connectivity index (χ1n) is 13.3. The van der Waals surface area contributed by atoms with Crippen LogP contribution in [-0.4, -0.2) is 61.0 Å². The number of nitrogens with zero attached hydrogens (tertiary/aromatic N) is 4. The highest BCUT2D eigenvalue weighted by Crippen LogP contribution is 2.35. The molecule has 3 heterocycles. The second-order valence-corrected chi connectivity index (χ2v) is 10.3. The van der Waals surface area contributed by atoms with Crippen molar-refractivity contribution in [3.05, 3.63) is 66.0 Å². The monoisotopic (exact) mass is 495 g/mol. The highest BCUT2D eigenvalue weighted by Gasteiger charge is 2.19. The van der Waals surface area contributed by atoms with Crippen molar-refractivity contribution >= 4 is 28.8 Å². The summed E-state index contributed by atoms with van der Waals surface area (Å²) in [7, 11) is 2.19. The quantitative estimate of drug-likeness (QED) is 0.303. The number of hydrogen-bond acceptors (Lipinski definition) is 4. The van der Waals surface area contributed by atoms with Crippen LogP contribution < -0.4 is 9.80 Å². The van der Waals surface area contributed by atoms with Crippen molar-refractivity contribution in [2.75, 3.05) is 49.6 Å². The van der Waals surface area contributed by atoms with Crippen LogP contribution in [0.1, 0.15) is 30.9 Å². The molecule has 1 aliphatic heterocycles. The van der Waals surface area contributed by atoms with Gasteiger partial charge >= 0.3 is 0 Å². The number of piperazine rings is 1. The Hall–Kier alpha value is -3.64. The number of carbonyl (C=O) groups excluding carboxylic acids is 1. The summed E-state index contributed by atoms with van der Waals surface area (Å²) in [6.45, 7) is 11.7. The molecular formula is C31H37N5O. The van der Waals surface area contributed by atoms with Crippen molar-refractivity contribution in [3.63, 3.8) is 0 Å². The lowest BCUT2D eigenvalue weighted by molar-refractivity contribution is -0.107. The number of rotatable bonds is 8. The zero-order valence-corrected chi connectivity index (χ0v) is 22.4. The molecule has 1 fully saturated rings. The van der Waals surface area contributed by atoms with E-state index in [1.54, 1.807) is 4.90 Å². The average molecular weight is 496 g/mol. The lowest BCUT2D eigenvalue weighted by Crippen LogP contribution is -2.45. The number of aromatic amines is 1. The van der Waals surface area contributed by atoms with Gasteiger partial charge in [-0.3, -0.25) is 4.79 Å². The van der Waals surface area contributed by atoms with E-state index in [2.05, 4.69) is 72.9 Å². The number of aromatic nitrogens is 2. The van der Waals surface area contributed by atoms with E-state index in [9.17, 15) is 4.79 Å². The molecule has 0 atom stereocenters. The van der Waals surface area contributed by atoms with Crippen molar-refractivity contribution in [3.8, 4) is 22.3 Å². The molecule has 0 unspecified atom stereocenters. The maximum Gasteiger partial charge on any atom is 0.214 e. The van der Waals surface area contributed by atoms with Crippen LogP contribution in [-0.2, 0) is 4.79 Å². The first-order chi connectivity index (χ1) is 18.0. The van der Waals surface area contributed by atoms with Crippen LogP contribution in [0, 0.1) is 13.8 Å². The van der Waals surface area contributed by atoms with Crippen molar-refractivity contribution in [1.29, 1.82) is 0 Å². The van der Waals surface area contributed by atoms with E-state index in [4.69, 9.17) is 4.98 Å². The lowest BCUT2D eigenvalue weighted by Gasteiger charge is -2.36. The van der Waals surface area contributed by atoms with Crippen LogP contribution in [0.5, 0.6) is 0 Å². The van der Waals surface area contributed by atoms with Crippen molar-refractivity contribution < 1.29 is 4.79 Å². The summed E-state index contributed by atoms with van der Waals surface area (Å²) < 4.78 is 0. The minimum Gasteiger partial charge on any atom is -0.369 e. The highest BCUT2D eigenvalue weighted by atomic mass is 16.1. The van der Waals surface area contributed by atoms with Crippen LogP contribution >= 0.6 is 0 Å². The first-order valence-corrected chi connectivity index (χ1v) is 13.3. The number of unbranched alkanes of at least 4 members (excludes halogenated alkanes) is 1. The summed E-state index contributed by atoms with van der Waals surface area (Å²) in [4.78, 5) is 26.3. The standard InChI is InChI=1S/C31H37N5O/c1-5-6-11-36(21-37)27-9-7-24(8-10-27)29-20-33-31-28(29)18-26(19-32-31)25-16-22(2)30(23(3)17-25)35-14-12-34(4)13-15-35/h7-10,16-21H,5-6,11-15H2,1-4H3,(H,32,33). The number of nitrogens with one attached hydrogen (secondary N) is 1. The molecule has 37 heavy (non-hydrogen) atoms. The number of H-pyrrole nitrogens is 1. The zero-order chi connectivity index (χ0) is 25.9. The average Bonchev–Trinajstić information content (AvgIpc) is 3.33. The maximum absolute atomic E-state index is 11.6. The molecule has 5 rings (SSSR count). The van der Waals surface area contributed by atoms with E-state index in [1.165, 1.54) is 22.4 Å². The molecule has 0 aliphatic carbocycles. The molecular weight excluding hydrogens is 458 g/mol. The van der Waals surface area contributed by atoms with Gasteiger partial charge in [-0.2, -0.15) is 0 Å². The molecule has 0 saturated carbocycles. The van der Waals surface area contributed by atoms with E-state index in [1.807, 2.05) is 24.5 Å². The van der Waals surface area contributed by atoms with Gasteiger partial charge in [0.2, 0.25) is 6.41 Å². The second-order valence-electron chi connectivity index (χ2n) is 10.3. The number of fused-ring (bicyclic) bond motifs is 1. The number of anilines is 2. The lowest BCUT2D eigenvalue weighted by atomic mass is 9.97. The first kappa shape index (κ1) is 25.0. The summed E-state index contributed by atoms with van der Waals surface area (Å²) >= 11 is 0. The molecule has 6 heteroatoms. The van der Waals surface area contributed by atoms with Gasteiger partial charge < -0.3 is 19.7 Å². The molecule has 1 aliphatic rings. The summed E-state index contributed by atoms with van der Waals surface area (Å²) in [6.07, 6.45) is 6.96. The van der Waals surface area contributed by atoms with Crippen LogP contribution in [0.4, 0.5) is 11.4 Å². The fourth-order valence-corrected chi connectivity index (χ4v) is 5.46. The van der Waals surface area contributed by atoms with Gasteiger partial charge in [0.1, 0.15) is 5.65 Å². The van der Waals surface area contributed by atoms with Gasteiger partial charge in [0.25, 0.3) is 0 Å². The van der Waals surface area contributed by atoms with E-state index in [0.717, 1.165) is 85.4 Å². The molecule has 1 amide bonds. The van der Waals surface area contributed by atoms with Crippen LogP contribution in [0.15, 0.2) is 54.9 Å². The van der Waals surface area contributed by atoms with Gasteiger partial charge in [-0.25, -0.2) is 4.98 Å². The fraction of sp³-hybridized carbons (Fsp3) is 0.355. The number of amides is 1. The zero-order valence-electron chi connectivity index (χ0n) is 22.4. The van der Waals surface area contributed by atoms with Crippen molar-refractivity contribution in [2.24, 2.45) is 0 Å². The summed E-state index contributed by atoms with van der Waals surface area (Å²) in [5, 5.41) is 1.10. The molecule has 0 radical (unpaired) electrons. The van der Waals surface area contributed by atoms with E-state index in [0.29, 0.717) is 0 Å². The maximum atomic E-state index is 11.6. The molecule has 4 aromatic rings. The van der Waals surface area contributed by atoms with E-state index < -0.39 is 0 Å². The number of hydrogen-bond donors (Lipinski definition) is 1. The number of carbonyl (C=O) groups is 1. The number of likely N-dealkylation sites (N-methyl/N-ethyl adjacent to an activating group) is 1. The Morgan fingerprint density at radius 1 is 0.973 bits per heavy atom. The Balaban J connectivity index is 1.45. The molecule has 2 aromatic heterocycles. The Morgan fingerprint density at radius 2 is 1.68 bits per heavy atom. The Bertz CT molecular complexity index is 1360. The topological polar surface area (TPSA) is 55.5 Å². The van der Waals surface area contributed by atoms with Crippen LogP contribution in [0.25, 0.3) is 33.3 Å². The van der Waals surface area contributed by atoms with Gasteiger partial charge in [-0.1, -0.05) is 25.5 Å². The van der Waals surface area contributed by atoms with Crippen molar-refractivity contribution in [1.82, 2.24) is 14.9 Å². The van der Waals surface area contributed by atoms with Gasteiger partial charge in [0.15, 0.2) is 0 Å². The molecule has 192 valence electrons. The number of benzene rings is 2. The Kier molecular flexibility index (Phi) is 7.28. The largest absolute Gasteiger partial charge is 0.369 e. The predicted molar refractivity (Wildman–Crippen MR) is 154 cm³/mol. The minimum absolute atomic E-state index is 0.742. The van der Waals surface area contributed by atoms with Crippen LogP contribution in [0.3, 0.4) is 0 Å². The Labute approximate surface area is 219 Å². The van der Waals surface area contributed by atoms with Gasteiger partial charge in [-0.15, -0.1) is 0 Å². The third kappa shape index (κ3) is 5.12. The van der Waals surface area contributed by atoms with Crippen molar-refractivity contribution in [2.45, 2.75) is 33.6 Å². The summed E-state index contributed by atoms with van der Waals surface area (Å²) in [5.41, 5.74) is 10.3. The molecule has 2 aromatic carbocycles. The second kappa shape index (κ2) is 10.8. The summed E-state index contributed by atoms with van der Waals surface area (Å²) in [6, 6.07) is 15.1. The summed E-state index contributed by atoms with van der Waals surface area (Å²) in [5.74, 6) is 0. The predicted octanol–water partition coefficient (Wildman–Crippen LogP) is 6.03. The SMILES string of the molecule is CCCCN(C=O)c1ccc(-c2c[nH]c3ncc(-c4cc(C)c(N5CCN(C)CC5)c(C)c4)cc23)cc1. The van der Waals surface area contributed by atoms with Gasteiger partial charge in [-0.05, 0) is 79.9 Å². The number of pyridine rings is 1. The molecule has 0 spiro atoms. The fourth-order valence-electron chi connectivity index (χ4n) is 5.46. The molecule has 1 saturated heterocycles. The van der Waals surface area contributed by atoms with Gasteiger partial charge in [0.05, 0.1) is 0 Å².